The van der Waals surface area contributed by atoms with E-state index in [1.807, 2.05) is 6.07 Å². The maximum Gasteiger partial charge on any atom is 0.315 e. The lowest BCUT2D eigenvalue weighted by atomic mass is 9.80. The summed E-state index contributed by atoms with van der Waals surface area (Å²) >= 11 is 0. The van der Waals surface area contributed by atoms with Gasteiger partial charge in [-0.3, -0.25) is 9.59 Å². The molecule has 0 radical (unpaired) electrons. The van der Waals surface area contributed by atoms with Crippen LogP contribution in [0.2, 0.25) is 0 Å². The first-order chi connectivity index (χ1) is 11.7. The van der Waals surface area contributed by atoms with E-state index in [9.17, 15) is 19.1 Å². The standard InChI is InChI=1S/C20H22FNO3/c1-19(2,14-9-11-16(21)12-10-14)17(23)22-13-20(3,18(24)25)15-7-5-4-6-8-15/h4-12H,13H2,1-3H3,(H,22,23)(H,24,25). The van der Waals surface area contributed by atoms with E-state index in [0.29, 0.717) is 11.1 Å². The second-order valence-electron chi connectivity index (χ2n) is 6.82. The highest BCUT2D eigenvalue weighted by molar-refractivity contribution is 5.88. The van der Waals surface area contributed by atoms with Gasteiger partial charge in [-0.15, -0.1) is 0 Å². The fourth-order valence-electron chi connectivity index (χ4n) is 2.58. The summed E-state index contributed by atoms with van der Waals surface area (Å²) in [5, 5.41) is 12.4. The maximum absolute atomic E-state index is 13.1. The molecule has 2 aromatic rings. The molecule has 0 saturated carbocycles. The number of amides is 1. The molecule has 2 aromatic carbocycles. The molecule has 0 fully saturated rings. The number of hydrogen-bond donors (Lipinski definition) is 2. The quantitative estimate of drug-likeness (QED) is 0.846. The molecule has 0 aromatic heterocycles. The Balaban J connectivity index is 2.19. The van der Waals surface area contributed by atoms with Gasteiger partial charge in [0.1, 0.15) is 11.2 Å². The van der Waals surface area contributed by atoms with E-state index in [4.69, 9.17) is 0 Å². The average molecular weight is 343 g/mol. The van der Waals surface area contributed by atoms with Gasteiger partial charge in [-0.05, 0) is 44.0 Å². The summed E-state index contributed by atoms with van der Waals surface area (Å²) in [6.45, 7) is 4.97. The number of aliphatic carboxylic acids is 1. The number of rotatable bonds is 6. The summed E-state index contributed by atoms with van der Waals surface area (Å²) in [4.78, 5) is 24.5. The van der Waals surface area contributed by atoms with Crippen LogP contribution in [0.15, 0.2) is 54.6 Å². The van der Waals surface area contributed by atoms with Gasteiger partial charge >= 0.3 is 5.97 Å². The first-order valence-electron chi connectivity index (χ1n) is 8.01. The SMILES string of the molecule is CC(C)(C(=O)NCC(C)(C(=O)O)c1ccccc1)c1ccc(F)cc1. The second kappa shape index (κ2) is 7.05. The van der Waals surface area contributed by atoms with Crippen molar-refractivity contribution < 1.29 is 19.1 Å². The van der Waals surface area contributed by atoms with E-state index in [0.717, 1.165) is 0 Å². The largest absolute Gasteiger partial charge is 0.481 e. The van der Waals surface area contributed by atoms with Gasteiger partial charge in [-0.2, -0.15) is 0 Å². The lowest BCUT2D eigenvalue weighted by Crippen LogP contribution is -2.48. The van der Waals surface area contributed by atoms with Crippen molar-refractivity contribution in [1.29, 1.82) is 0 Å². The summed E-state index contributed by atoms with van der Waals surface area (Å²) in [5.41, 5.74) is -0.884. The van der Waals surface area contributed by atoms with Crippen LogP contribution >= 0.6 is 0 Å². The first kappa shape index (κ1) is 18.6. The molecule has 2 rings (SSSR count). The monoisotopic (exact) mass is 343 g/mol. The Labute approximate surface area is 146 Å². The molecule has 0 saturated heterocycles. The van der Waals surface area contributed by atoms with Crippen molar-refractivity contribution in [2.45, 2.75) is 31.6 Å². The normalized spacial score (nSPS) is 13.8. The van der Waals surface area contributed by atoms with Crippen molar-refractivity contribution in [3.8, 4) is 0 Å². The van der Waals surface area contributed by atoms with Gasteiger partial charge in [0.2, 0.25) is 5.91 Å². The molecular weight excluding hydrogens is 321 g/mol. The first-order valence-corrected chi connectivity index (χ1v) is 8.01. The fourth-order valence-corrected chi connectivity index (χ4v) is 2.58. The Morgan fingerprint density at radius 2 is 1.52 bits per heavy atom. The molecule has 1 unspecified atom stereocenters. The number of carbonyl (C=O) groups excluding carboxylic acids is 1. The number of hydrogen-bond acceptors (Lipinski definition) is 2. The molecule has 2 N–H and O–H groups in total. The third kappa shape index (κ3) is 3.87. The van der Waals surface area contributed by atoms with Crippen LogP contribution in [0.3, 0.4) is 0 Å². The number of carbonyl (C=O) groups is 2. The molecule has 0 heterocycles. The zero-order chi connectivity index (χ0) is 18.7. The van der Waals surface area contributed by atoms with E-state index >= 15 is 0 Å². The van der Waals surface area contributed by atoms with Crippen molar-refractivity contribution in [3.05, 3.63) is 71.5 Å². The van der Waals surface area contributed by atoms with Gasteiger partial charge < -0.3 is 10.4 Å². The van der Waals surface area contributed by atoms with Crippen molar-refractivity contribution in [1.82, 2.24) is 5.32 Å². The van der Waals surface area contributed by atoms with E-state index < -0.39 is 16.8 Å². The minimum absolute atomic E-state index is 0.0458. The summed E-state index contributed by atoms with van der Waals surface area (Å²) in [6.07, 6.45) is 0. The number of carboxylic acid groups (broad SMARTS) is 1. The van der Waals surface area contributed by atoms with Crippen molar-refractivity contribution in [2.24, 2.45) is 0 Å². The van der Waals surface area contributed by atoms with Crippen LogP contribution in [0.25, 0.3) is 0 Å². The van der Waals surface area contributed by atoms with Crippen LogP contribution in [-0.2, 0) is 20.4 Å². The van der Waals surface area contributed by atoms with Crippen LogP contribution in [0.4, 0.5) is 4.39 Å². The Bertz CT molecular complexity index is 756. The molecule has 1 atom stereocenters. The van der Waals surface area contributed by atoms with Crippen LogP contribution < -0.4 is 5.32 Å². The highest BCUT2D eigenvalue weighted by Crippen LogP contribution is 2.26. The Hall–Kier alpha value is -2.69. The third-order valence-electron chi connectivity index (χ3n) is 4.62. The minimum Gasteiger partial charge on any atom is -0.481 e. The van der Waals surface area contributed by atoms with Gasteiger partial charge in [-0.25, -0.2) is 4.39 Å². The lowest BCUT2D eigenvalue weighted by Gasteiger charge is -2.29. The topological polar surface area (TPSA) is 66.4 Å². The van der Waals surface area contributed by atoms with Crippen LogP contribution in [0.1, 0.15) is 31.9 Å². The summed E-state index contributed by atoms with van der Waals surface area (Å²) in [7, 11) is 0. The smallest absolute Gasteiger partial charge is 0.315 e. The summed E-state index contributed by atoms with van der Waals surface area (Å²) in [6, 6.07) is 14.5. The average Bonchev–Trinajstić information content (AvgIpc) is 2.60. The molecule has 0 aliphatic heterocycles. The molecule has 5 heteroatoms. The zero-order valence-corrected chi connectivity index (χ0v) is 14.5. The number of benzene rings is 2. The molecule has 25 heavy (non-hydrogen) atoms. The lowest BCUT2D eigenvalue weighted by molar-refractivity contribution is -0.143. The fraction of sp³-hybridized carbons (Fsp3) is 0.300. The van der Waals surface area contributed by atoms with Crippen molar-refractivity contribution >= 4 is 11.9 Å². The molecule has 1 amide bonds. The molecule has 0 aliphatic carbocycles. The second-order valence-corrected chi connectivity index (χ2v) is 6.82. The molecule has 0 bridgehead atoms. The highest BCUT2D eigenvalue weighted by Gasteiger charge is 2.37. The van der Waals surface area contributed by atoms with Crippen LogP contribution in [0.5, 0.6) is 0 Å². The predicted molar refractivity (Wildman–Crippen MR) is 93.9 cm³/mol. The van der Waals surface area contributed by atoms with Crippen LogP contribution in [0, 0.1) is 5.82 Å². The molecule has 0 spiro atoms. The Morgan fingerprint density at radius 1 is 0.960 bits per heavy atom. The zero-order valence-electron chi connectivity index (χ0n) is 14.5. The molecular formula is C20H22FNO3. The minimum atomic E-state index is -1.24. The van der Waals surface area contributed by atoms with Gasteiger partial charge in [0.05, 0.1) is 5.41 Å². The van der Waals surface area contributed by atoms with Crippen molar-refractivity contribution in [2.75, 3.05) is 6.54 Å². The summed E-state index contributed by atoms with van der Waals surface area (Å²) in [5.74, 6) is -1.71. The number of nitrogens with one attached hydrogen (secondary N) is 1. The van der Waals surface area contributed by atoms with Gasteiger partial charge in [0, 0.05) is 6.54 Å². The van der Waals surface area contributed by atoms with Gasteiger partial charge in [-0.1, -0.05) is 42.5 Å². The van der Waals surface area contributed by atoms with E-state index in [2.05, 4.69) is 5.32 Å². The Morgan fingerprint density at radius 3 is 2.04 bits per heavy atom. The maximum atomic E-state index is 13.1. The predicted octanol–water partition coefficient (Wildman–Crippen LogP) is 3.26. The number of halogens is 1. The highest BCUT2D eigenvalue weighted by atomic mass is 19.1. The third-order valence-corrected chi connectivity index (χ3v) is 4.62. The van der Waals surface area contributed by atoms with Crippen molar-refractivity contribution in [3.63, 3.8) is 0 Å². The van der Waals surface area contributed by atoms with Gasteiger partial charge in [0.25, 0.3) is 0 Å². The van der Waals surface area contributed by atoms with Gasteiger partial charge in [0.15, 0.2) is 0 Å². The molecule has 132 valence electrons. The molecule has 4 nitrogen and oxygen atoms in total. The van der Waals surface area contributed by atoms with E-state index in [1.165, 1.54) is 12.1 Å². The van der Waals surface area contributed by atoms with E-state index in [-0.39, 0.29) is 18.3 Å². The summed E-state index contributed by atoms with van der Waals surface area (Å²) < 4.78 is 13.1. The van der Waals surface area contributed by atoms with Crippen LogP contribution in [-0.4, -0.2) is 23.5 Å². The van der Waals surface area contributed by atoms with E-state index in [1.54, 1.807) is 57.2 Å². The number of carboxylic acids is 1. The Kier molecular flexibility index (Phi) is 5.26. The molecule has 0 aliphatic rings.